The van der Waals surface area contributed by atoms with Crippen LogP contribution in [0.25, 0.3) is 0 Å². The van der Waals surface area contributed by atoms with Gasteiger partial charge in [-0.05, 0) is 67.9 Å². The third kappa shape index (κ3) is 8.06. The van der Waals surface area contributed by atoms with E-state index < -0.39 is 39.2 Å². The number of thiophene rings is 1. The number of esters is 1. The Morgan fingerprint density at radius 2 is 1.61 bits per heavy atom. The van der Waals surface area contributed by atoms with Gasteiger partial charge < -0.3 is 20.5 Å². The Kier molecular flexibility index (Phi) is 12.2. The van der Waals surface area contributed by atoms with Gasteiger partial charge in [0.2, 0.25) is 5.91 Å². The van der Waals surface area contributed by atoms with Crippen molar-refractivity contribution in [3.8, 4) is 0 Å². The van der Waals surface area contributed by atoms with E-state index in [1.54, 1.807) is 31.2 Å². The van der Waals surface area contributed by atoms with Crippen molar-refractivity contribution in [2.24, 2.45) is 0 Å². The number of amides is 2. The quantitative estimate of drug-likeness (QED) is 0.0600. The molecule has 0 bridgehead atoms. The lowest BCUT2D eigenvalue weighted by Gasteiger charge is -2.23. The van der Waals surface area contributed by atoms with E-state index in [0.717, 1.165) is 23.3 Å². The number of halogens is 4. The number of carbonyl (C=O) groups is 4. The largest absolute Gasteiger partial charge is 0.478 e. The van der Waals surface area contributed by atoms with Crippen molar-refractivity contribution in [3.63, 3.8) is 0 Å². The topological polar surface area (TPSA) is 122 Å². The Hall–Kier alpha value is -3.25. The molecule has 256 valence electrons. The molecule has 0 saturated carbocycles. The molecule has 0 saturated heterocycles. The summed E-state index contributed by atoms with van der Waals surface area (Å²) in [5, 5.41) is 14.0. The molecule has 14 heteroatoms. The minimum atomic E-state index is -1.51. The highest BCUT2D eigenvalue weighted by molar-refractivity contribution is 8.00. The SMILES string of the molecule is CCOC(=O)c1c(NC(=O)C(CC)Sc2cccc(NC(=O)c3c(Cl)c(Cl)c(Cl)c(Cl)c3C(=O)O)c2)sc2c1CCC(c1ccccc1)C2. The minimum Gasteiger partial charge on any atom is -0.478 e. The zero-order valence-electron chi connectivity index (χ0n) is 26.2. The van der Waals surface area contributed by atoms with Gasteiger partial charge in [0.25, 0.3) is 5.91 Å². The van der Waals surface area contributed by atoms with Crippen LogP contribution in [0.15, 0.2) is 59.5 Å². The first-order valence-electron chi connectivity index (χ1n) is 15.3. The number of nitrogens with one attached hydrogen (secondary N) is 2. The number of hydrogen-bond donors (Lipinski definition) is 3. The first kappa shape index (κ1) is 37.0. The minimum absolute atomic E-state index is 0.214. The first-order chi connectivity index (χ1) is 23.4. The standard InChI is InChI=1S/C35H30Cl4N2O6S2/c1-3-22(48-20-12-8-11-19(16-20)40-32(43)25-26(34(44)45)28(37)30(39)29(38)27(25)36)31(42)41-33-24(35(46)47-4-2)21-14-13-18(15-23(21)49-33)17-9-6-5-7-10-17/h5-12,16,18,22H,3-4,13-15H2,1-2H3,(H,40,43)(H,41,42)(H,44,45). The number of carboxylic acids is 1. The molecule has 1 aliphatic rings. The van der Waals surface area contributed by atoms with Crippen molar-refractivity contribution < 1.29 is 29.0 Å². The summed E-state index contributed by atoms with van der Waals surface area (Å²) in [6.45, 7) is 3.84. The second-order valence-corrected chi connectivity index (χ2v) is 15.0. The van der Waals surface area contributed by atoms with Crippen LogP contribution >= 0.6 is 69.5 Å². The summed E-state index contributed by atoms with van der Waals surface area (Å²) in [6, 6.07) is 17.0. The van der Waals surface area contributed by atoms with Gasteiger partial charge in [0, 0.05) is 15.5 Å². The van der Waals surface area contributed by atoms with Gasteiger partial charge in [0.05, 0.1) is 48.6 Å². The van der Waals surface area contributed by atoms with E-state index in [4.69, 9.17) is 51.1 Å². The molecule has 0 spiro atoms. The summed E-state index contributed by atoms with van der Waals surface area (Å²) >= 11 is 27.2. The van der Waals surface area contributed by atoms with Crippen LogP contribution in [0.1, 0.15) is 79.7 Å². The molecule has 1 aromatic heterocycles. The fourth-order valence-corrected chi connectivity index (χ4v) is 9.02. The molecule has 1 heterocycles. The molecule has 0 aliphatic heterocycles. The molecule has 3 N–H and O–H groups in total. The number of benzene rings is 3. The Labute approximate surface area is 311 Å². The lowest BCUT2D eigenvalue weighted by Crippen LogP contribution is -2.25. The molecule has 8 nitrogen and oxygen atoms in total. The molecule has 4 aromatic rings. The number of fused-ring (bicyclic) bond motifs is 1. The van der Waals surface area contributed by atoms with Crippen molar-refractivity contribution in [1.82, 2.24) is 0 Å². The summed E-state index contributed by atoms with van der Waals surface area (Å²) in [6.07, 6.45) is 2.82. The molecule has 0 fully saturated rings. The van der Waals surface area contributed by atoms with E-state index in [9.17, 15) is 24.3 Å². The molecule has 3 aromatic carbocycles. The third-order valence-electron chi connectivity index (χ3n) is 7.99. The zero-order chi connectivity index (χ0) is 35.4. The number of thioether (sulfide) groups is 1. The van der Waals surface area contributed by atoms with Crippen molar-refractivity contribution in [3.05, 3.63) is 107 Å². The van der Waals surface area contributed by atoms with Gasteiger partial charge in [-0.3, -0.25) is 9.59 Å². The lowest BCUT2D eigenvalue weighted by atomic mass is 9.83. The molecular weight excluding hydrogens is 750 g/mol. The van der Waals surface area contributed by atoms with Gasteiger partial charge >= 0.3 is 11.9 Å². The Balaban J connectivity index is 1.35. The van der Waals surface area contributed by atoms with E-state index in [0.29, 0.717) is 39.9 Å². The highest BCUT2D eigenvalue weighted by Gasteiger charge is 2.32. The monoisotopic (exact) mass is 778 g/mol. The predicted octanol–water partition coefficient (Wildman–Crippen LogP) is 10.3. The molecule has 5 rings (SSSR count). The summed E-state index contributed by atoms with van der Waals surface area (Å²) in [5.41, 5.74) is 1.89. The van der Waals surface area contributed by atoms with Gasteiger partial charge in [-0.25, -0.2) is 9.59 Å². The molecular formula is C35H30Cl4N2O6S2. The number of rotatable bonds is 11. The number of carbonyl (C=O) groups excluding carboxylic acids is 3. The summed E-state index contributed by atoms with van der Waals surface area (Å²) < 4.78 is 5.41. The van der Waals surface area contributed by atoms with Crippen LogP contribution in [-0.2, 0) is 22.4 Å². The molecule has 0 radical (unpaired) electrons. The summed E-state index contributed by atoms with van der Waals surface area (Å²) in [4.78, 5) is 53.8. The fourth-order valence-electron chi connectivity index (χ4n) is 5.67. The van der Waals surface area contributed by atoms with Crippen LogP contribution in [0.5, 0.6) is 0 Å². The van der Waals surface area contributed by atoms with E-state index in [1.165, 1.54) is 28.7 Å². The average molecular weight is 781 g/mol. The Bertz CT molecular complexity index is 1940. The van der Waals surface area contributed by atoms with Crippen LogP contribution in [0, 0.1) is 0 Å². The smallest absolute Gasteiger partial charge is 0.341 e. The van der Waals surface area contributed by atoms with E-state index >= 15 is 0 Å². The van der Waals surface area contributed by atoms with Crippen LogP contribution in [0.3, 0.4) is 0 Å². The molecule has 2 amide bonds. The molecule has 49 heavy (non-hydrogen) atoms. The van der Waals surface area contributed by atoms with E-state index in [-0.39, 0.29) is 27.6 Å². The third-order valence-corrected chi connectivity index (χ3v) is 12.3. The number of hydrogen-bond acceptors (Lipinski definition) is 7. The van der Waals surface area contributed by atoms with Gasteiger partial charge in [0.1, 0.15) is 5.00 Å². The fraction of sp³-hybridized carbons (Fsp3) is 0.257. The van der Waals surface area contributed by atoms with Gasteiger partial charge in [-0.15, -0.1) is 23.1 Å². The summed E-state index contributed by atoms with van der Waals surface area (Å²) in [7, 11) is 0. The van der Waals surface area contributed by atoms with E-state index in [2.05, 4.69) is 22.8 Å². The number of anilines is 2. The molecule has 1 aliphatic carbocycles. The maximum absolute atomic E-state index is 13.7. The van der Waals surface area contributed by atoms with Crippen molar-refractivity contribution in [2.45, 2.75) is 55.6 Å². The van der Waals surface area contributed by atoms with Crippen molar-refractivity contribution in [1.29, 1.82) is 0 Å². The Morgan fingerprint density at radius 3 is 2.27 bits per heavy atom. The maximum Gasteiger partial charge on any atom is 0.341 e. The second kappa shape index (κ2) is 16.2. The van der Waals surface area contributed by atoms with Gasteiger partial charge in [-0.2, -0.15) is 0 Å². The van der Waals surface area contributed by atoms with Crippen LogP contribution < -0.4 is 10.6 Å². The average Bonchev–Trinajstić information content (AvgIpc) is 3.45. The van der Waals surface area contributed by atoms with Crippen molar-refractivity contribution >= 4 is 104 Å². The number of aromatic carboxylic acids is 1. The normalized spacial score (nSPS) is 14.4. The predicted molar refractivity (Wildman–Crippen MR) is 198 cm³/mol. The summed E-state index contributed by atoms with van der Waals surface area (Å²) in [5.74, 6) is -2.79. The Morgan fingerprint density at radius 1 is 0.918 bits per heavy atom. The van der Waals surface area contributed by atoms with Gasteiger partial charge in [-0.1, -0.05) is 89.7 Å². The van der Waals surface area contributed by atoms with Crippen LogP contribution in [-0.4, -0.2) is 40.7 Å². The lowest BCUT2D eigenvalue weighted by molar-refractivity contribution is -0.115. The van der Waals surface area contributed by atoms with Crippen LogP contribution in [0.4, 0.5) is 10.7 Å². The van der Waals surface area contributed by atoms with Crippen LogP contribution in [0.2, 0.25) is 20.1 Å². The number of ether oxygens (including phenoxy) is 1. The zero-order valence-corrected chi connectivity index (χ0v) is 30.9. The maximum atomic E-state index is 13.7. The van der Waals surface area contributed by atoms with Crippen molar-refractivity contribution in [2.75, 3.05) is 17.2 Å². The first-order valence-corrected chi connectivity index (χ1v) is 18.5. The molecule has 2 atom stereocenters. The number of carboxylic acid groups (broad SMARTS) is 1. The molecule has 2 unspecified atom stereocenters. The second-order valence-electron chi connectivity index (χ2n) is 11.1. The highest BCUT2D eigenvalue weighted by Crippen LogP contribution is 2.44. The highest BCUT2D eigenvalue weighted by atomic mass is 35.5. The van der Waals surface area contributed by atoms with Gasteiger partial charge in [0.15, 0.2) is 0 Å². The van der Waals surface area contributed by atoms with E-state index in [1.807, 2.05) is 25.1 Å².